The minimum atomic E-state index is -2.33. The Balaban J connectivity index is 3.83. The van der Waals surface area contributed by atoms with Gasteiger partial charge in [-0.15, -0.1) is 0 Å². The molecule has 0 aliphatic heterocycles. The lowest BCUT2D eigenvalue weighted by Gasteiger charge is -2.41. The van der Waals surface area contributed by atoms with Crippen molar-refractivity contribution in [3.63, 3.8) is 0 Å². The smallest absolute Gasteiger partial charge is 0.0930 e. The number of benzene rings is 1. The Kier molecular flexibility index (Phi) is 10.2. The monoisotopic (exact) mass is 679 g/mol. The quantitative estimate of drug-likeness (QED) is 0.271. The summed E-state index contributed by atoms with van der Waals surface area (Å²) in [5.74, 6) is 0.754. The third kappa shape index (κ3) is 5.75. The van der Waals surface area contributed by atoms with Crippen molar-refractivity contribution in [2.45, 2.75) is 38.8 Å². The topological polar surface area (TPSA) is 0 Å². The van der Waals surface area contributed by atoms with Crippen LogP contribution >= 0.6 is 162 Å². The van der Waals surface area contributed by atoms with Gasteiger partial charge < -0.3 is 0 Å². The van der Waals surface area contributed by atoms with Crippen molar-refractivity contribution in [3.8, 4) is 0 Å². The highest BCUT2D eigenvalue weighted by Crippen LogP contribution is 2.63. The Morgan fingerprint density at radius 2 is 0.966 bits per heavy atom. The van der Waals surface area contributed by atoms with Gasteiger partial charge in [-0.05, 0) is 28.7 Å². The molecule has 0 amide bonds. The van der Waals surface area contributed by atoms with Crippen LogP contribution in [0.5, 0.6) is 0 Å². The summed E-state index contributed by atoms with van der Waals surface area (Å²) >= 11 is 86.0. The van der Waals surface area contributed by atoms with Crippen molar-refractivity contribution < 1.29 is 0 Å². The third-order valence-electron chi connectivity index (χ3n) is 3.76. The number of halogens is 14. The molecular formula is C15H9Cl14. The molecule has 0 saturated heterocycles. The van der Waals surface area contributed by atoms with Gasteiger partial charge in [0.1, 0.15) is 0 Å². The van der Waals surface area contributed by atoms with Gasteiger partial charge in [0, 0.05) is 0 Å². The number of rotatable bonds is 5. The van der Waals surface area contributed by atoms with Gasteiger partial charge >= 0.3 is 0 Å². The van der Waals surface area contributed by atoms with Crippen molar-refractivity contribution in [2.75, 3.05) is 0 Å². The second-order valence-corrected chi connectivity index (χ2v) is 15.9. The molecule has 0 unspecified atom stereocenters. The summed E-state index contributed by atoms with van der Waals surface area (Å²) in [7, 11) is 0. The van der Waals surface area contributed by atoms with Crippen molar-refractivity contribution in [2.24, 2.45) is 0 Å². The van der Waals surface area contributed by atoms with Gasteiger partial charge in [0.05, 0.1) is 0 Å². The maximum Gasteiger partial charge on any atom is 0.226 e. The first-order valence-corrected chi connectivity index (χ1v) is 12.4. The summed E-state index contributed by atoms with van der Waals surface area (Å²) in [6, 6.07) is 4.36. The molecule has 1 rings (SSSR count). The van der Waals surface area contributed by atoms with Crippen LogP contribution in [0.4, 0.5) is 0 Å². The van der Waals surface area contributed by atoms with Gasteiger partial charge in [-0.2, -0.15) is 0 Å². The molecule has 29 heavy (non-hydrogen) atoms. The lowest BCUT2D eigenvalue weighted by atomic mass is 9.90. The van der Waals surface area contributed by atoms with E-state index in [2.05, 4.69) is 0 Å². The average Bonchev–Trinajstić information content (AvgIpc) is 2.51. The molecule has 0 N–H and O–H groups in total. The molecule has 0 bridgehead atoms. The van der Waals surface area contributed by atoms with E-state index in [0.717, 1.165) is 5.92 Å². The van der Waals surface area contributed by atoms with Gasteiger partial charge in [0.2, 0.25) is 16.3 Å². The summed E-state index contributed by atoms with van der Waals surface area (Å²) in [4.78, 5) is 0. The summed E-state index contributed by atoms with van der Waals surface area (Å²) in [6.07, 6.45) is 0. The fourth-order valence-electron chi connectivity index (χ4n) is 2.14. The predicted octanol–water partition coefficient (Wildman–Crippen LogP) is 11.0. The first-order chi connectivity index (χ1) is 12.5. The van der Waals surface area contributed by atoms with Gasteiger partial charge in [0.25, 0.3) is 0 Å². The largest absolute Gasteiger partial charge is 0.226 e. The highest BCUT2D eigenvalue weighted by molar-refractivity contribution is 6.79. The summed E-state index contributed by atoms with van der Waals surface area (Å²) < 4.78 is -13.6. The fourth-order valence-corrected chi connectivity index (χ4v) is 5.11. The molecule has 0 fully saturated rings. The molecule has 1 aromatic rings. The third-order valence-corrected chi connectivity index (χ3v) is 11.6. The van der Waals surface area contributed by atoms with Crippen LogP contribution in [0.25, 0.3) is 0 Å². The Morgan fingerprint density at radius 3 is 1.31 bits per heavy atom. The molecule has 0 aliphatic rings. The predicted molar refractivity (Wildman–Crippen MR) is 136 cm³/mol. The molecular weight excluding hydrogens is 677 g/mol. The number of alkyl halides is 14. The molecule has 0 atom stereocenters. The van der Waals surface area contributed by atoms with E-state index >= 15 is 0 Å². The summed E-state index contributed by atoms with van der Waals surface area (Å²) in [6.45, 7) is 3.54. The SMILES string of the molecule is C[C](C)c1ccc(C(Cl)(Cl)C(Cl)(Cl)C(Cl)(Cl)Cl)cc1C(Cl)(Cl)C(Cl)(Cl)C(Cl)(Cl)Cl. The van der Waals surface area contributed by atoms with Gasteiger partial charge in [-0.25, -0.2) is 0 Å². The highest BCUT2D eigenvalue weighted by Gasteiger charge is 2.63. The van der Waals surface area contributed by atoms with Crippen LogP contribution in [0.3, 0.4) is 0 Å². The van der Waals surface area contributed by atoms with Crippen LogP contribution in [-0.2, 0) is 8.67 Å². The normalized spacial score (nSPS) is 15.2. The van der Waals surface area contributed by atoms with Crippen LogP contribution in [0, 0.1) is 5.92 Å². The van der Waals surface area contributed by atoms with E-state index in [9.17, 15) is 0 Å². The van der Waals surface area contributed by atoms with Crippen molar-refractivity contribution in [1.29, 1.82) is 0 Å². The Bertz CT molecular complexity index is 738. The minimum absolute atomic E-state index is 0.0521. The van der Waals surface area contributed by atoms with Gasteiger partial charge in [0.15, 0.2) is 8.67 Å². The van der Waals surface area contributed by atoms with Crippen LogP contribution < -0.4 is 0 Å². The van der Waals surface area contributed by atoms with Crippen molar-refractivity contribution >= 4 is 162 Å². The van der Waals surface area contributed by atoms with Crippen molar-refractivity contribution in [3.05, 3.63) is 40.8 Å². The Hall–Kier alpha value is 3.28. The summed E-state index contributed by atoms with van der Waals surface area (Å²) in [5, 5.41) is 0. The lowest BCUT2D eigenvalue weighted by Crippen LogP contribution is -2.47. The zero-order valence-electron chi connectivity index (χ0n) is 14.0. The standard InChI is InChI=1S/C15H9Cl14/c1-6(2)8-4-3-7(10(16,17)12(20,21)14(24,25)26)5-9(8)11(18,19)13(22,23)15(27,28)29/h3-5H,1-2H3. The van der Waals surface area contributed by atoms with E-state index in [-0.39, 0.29) is 11.1 Å². The fraction of sp³-hybridized carbons (Fsp3) is 0.533. The molecule has 14 heteroatoms. The van der Waals surface area contributed by atoms with E-state index < -0.39 is 24.9 Å². The molecule has 0 heterocycles. The molecule has 167 valence electrons. The Labute approximate surface area is 239 Å². The molecule has 1 aromatic carbocycles. The van der Waals surface area contributed by atoms with Gasteiger partial charge in [-0.3, -0.25) is 0 Å². The maximum absolute atomic E-state index is 6.52. The first-order valence-electron chi connectivity index (χ1n) is 7.13. The zero-order valence-corrected chi connectivity index (χ0v) is 24.6. The maximum atomic E-state index is 6.52. The van der Waals surface area contributed by atoms with Crippen LogP contribution in [0.15, 0.2) is 18.2 Å². The van der Waals surface area contributed by atoms with Gasteiger partial charge in [-0.1, -0.05) is 188 Å². The Morgan fingerprint density at radius 1 is 0.586 bits per heavy atom. The number of hydrogen-bond donors (Lipinski definition) is 0. The first kappa shape index (κ1) is 30.3. The minimum Gasteiger partial charge on any atom is -0.0930 e. The molecule has 0 spiro atoms. The van der Waals surface area contributed by atoms with Crippen LogP contribution in [0.1, 0.15) is 30.5 Å². The second kappa shape index (κ2) is 9.73. The van der Waals surface area contributed by atoms with E-state index in [4.69, 9.17) is 162 Å². The van der Waals surface area contributed by atoms with E-state index in [0.29, 0.717) is 5.56 Å². The van der Waals surface area contributed by atoms with Crippen LogP contribution in [-0.4, -0.2) is 16.3 Å². The van der Waals surface area contributed by atoms with Crippen LogP contribution in [0.2, 0.25) is 0 Å². The summed E-state index contributed by atoms with van der Waals surface area (Å²) in [5.41, 5.74) is 0.650. The van der Waals surface area contributed by atoms with E-state index in [1.54, 1.807) is 19.9 Å². The zero-order chi connectivity index (χ0) is 23.4. The molecule has 0 aromatic heterocycles. The molecule has 0 nitrogen and oxygen atoms in total. The van der Waals surface area contributed by atoms with Crippen molar-refractivity contribution in [1.82, 2.24) is 0 Å². The van der Waals surface area contributed by atoms with E-state index in [1.165, 1.54) is 12.1 Å². The molecule has 0 saturated carbocycles. The molecule has 1 radical (unpaired) electrons. The number of hydrogen-bond acceptors (Lipinski definition) is 0. The van der Waals surface area contributed by atoms with E-state index in [1.807, 2.05) is 0 Å². The highest BCUT2D eigenvalue weighted by atomic mass is 35.6. The molecule has 0 aliphatic carbocycles. The average molecular weight is 686 g/mol. The second-order valence-electron chi connectivity index (χ2n) is 6.05. The lowest BCUT2D eigenvalue weighted by molar-refractivity contribution is 0.677.